The van der Waals surface area contributed by atoms with E-state index in [2.05, 4.69) is 13.2 Å². The van der Waals surface area contributed by atoms with Crippen LogP contribution in [0.1, 0.15) is 0 Å². The van der Waals surface area contributed by atoms with E-state index in [0.717, 1.165) is 0 Å². The van der Waals surface area contributed by atoms with E-state index < -0.39 is 0 Å². The van der Waals surface area contributed by atoms with Crippen LogP contribution >= 0.6 is 0 Å². The quantitative estimate of drug-likeness (QED) is 0.307. The molecule has 0 saturated heterocycles. The molecule has 5 heavy (non-hydrogen) atoms. The van der Waals surface area contributed by atoms with Crippen molar-refractivity contribution in [3.05, 3.63) is 13.2 Å². The third-order valence-electron chi connectivity index (χ3n) is 0. The van der Waals surface area contributed by atoms with E-state index in [1.165, 1.54) is 0 Å². The van der Waals surface area contributed by atoms with E-state index in [9.17, 15) is 0 Å². The summed E-state index contributed by atoms with van der Waals surface area (Å²) in [6, 6.07) is 0. The molecular weight excluding hydrogens is 273 g/mol. The van der Waals surface area contributed by atoms with Gasteiger partial charge < -0.3 is 24.8 Å². The molecule has 0 saturated carbocycles. The Morgan fingerprint density at radius 3 is 0.800 bits per heavy atom. The van der Waals surface area contributed by atoms with E-state index in [-0.39, 0.29) is 50.7 Å². The van der Waals surface area contributed by atoms with Crippen LogP contribution in [0.15, 0.2) is 13.2 Å². The molecule has 0 spiro atoms. The number of halogens is 2. The second-order valence-corrected chi connectivity index (χ2v) is 0. The first-order chi connectivity index (χ1) is 1.00. The molecule has 0 aliphatic rings. The van der Waals surface area contributed by atoms with Crippen molar-refractivity contribution in [2.45, 2.75) is 0 Å². The summed E-state index contributed by atoms with van der Waals surface area (Å²) in [6.45, 7) is 6.00. The Morgan fingerprint density at radius 1 is 0.800 bits per heavy atom. The maximum absolute atomic E-state index is 3.00. The Kier molecular flexibility index (Phi) is 447. The van der Waals surface area contributed by atoms with Gasteiger partial charge in [0.15, 0.2) is 0 Å². The van der Waals surface area contributed by atoms with Crippen LogP contribution in [0.25, 0.3) is 0 Å². The number of hydrogen-bond acceptors (Lipinski definition) is 0. The third-order valence-corrected chi connectivity index (χ3v) is 0. The van der Waals surface area contributed by atoms with Gasteiger partial charge in [0.25, 0.3) is 0 Å². The minimum absolute atomic E-state index is 0. The molecule has 3 heteroatoms. The molecule has 0 atom stereocenters. The molecular formula is C2H4Cl2Hf-2. The Balaban J connectivity index is -0.00000000167. The van der Waals surface area contributed by atoms with Crippen molar-refractivity contribution < 1.29 is 50.7 Å². The average molecular weight is 277 g/mol. The molecule has 32 valence electrons. The van der Waals surface area contributed by atoms with E-state index >= 15 is 0 Å². The summed E-state index contributed by atoms with van der Waals surface area (Å²) < 4.78 is 0. The van der Waals surface area contributed by atoms with Gasteiger partial charge in [0.1, 0.15) is 0 Å². The number of hydrogen-bond donors (Lipinski definition) is 0. The predicted octanol–water partition coefficient (Wildman–Crippen LogP) is -5.19. The molecule has 0 aromatic carbocycles. The van der Waals surface area contributed by atoms with E-state index in [1.807, 2.05) is 0 Å². The van der Waals surface area contributed by atoms with Gasteiger partial charge in [0.05, 0.1) is 0 Å². The van der Waals surface area contributed by atoms with E-state index in [4.69, 9.17) is 0 Å². The van der Waals surface area contributed by atoms with Gasteiger partial charge in [-0.3, -0.25) is 0 Å². The summed E-state index contributed by atoms with van der Waals surface area (Å²) in [5, 5.41) is 0. The summed E-state index contributed by atoms with van der Waals surface area (Å²) in [6.07, 6.45) is 0. The largest absolute Gasteiger partial charge is 1.00 e. The Bertz CT molecular complexity index is 7.61. The van der Waals surface area contributed by atoms with Crippen LogP contribution in [-0.2, 0) is 25.8 Å². The van der Waals surface area contributed by atoms with Crippen LogP contribution in [0.4, 0.5) is 0 Å². The Labute approximate surface area is 63.6 Å². The van der Waals surface area contributed by atoms with Gasteiger partial charge in [-0.2, -0.15) is 0 Å². The zero-order valence-corrected chi connectivity index (χ0v) is 7.77. The molecule has 0 fully saturated rings. The smallest absolute Gasteiger partial charge is 0 e. The average Bonchev–Trinajstić information content (AvgIpc) is 1.00. The molecule has 0 rings (SSSR count). The Hall–Kier alpha value is 1.19. The fourth-order valence-electron chi connectivity index (χ4n) is 0. The third kappa shape index (κ3) is 37.3. The van der Waals surface area contributed by atoms with Gasteiger partial charge in [0, 0.05) is 25.8 Å². The Morgan fingerprint density at radius 2 is 0.800 bits per heavy atom. The van der Waals surface area contributed by atoms with Crippen molar-refractivity contribution in [1.82, 2.24) is 0 Å². The molecule has 0 unspecified atom stereocenters. The maximum atomic E-state index is 3.00. The topological polar surface area (TPSA) is 0 Å². The summed E-state index contributed by atoms with van der Waals surface area (Å²) in [5.74, 6) is 0. The summed E-state index contributed by atoms with van der Waals surface area (Å²) in [7, 11) is 0. The molecule has 0 aromatic rings. The standard InChI is InChI=1S/C2H4.2ClH.Hf/c1-2;;;/h1-2H2;2*1H;/p-2. The first kappa shape index (κ1) is 34.8. The van der Waals surface area contributed by atoms with Crippen LogP contribution < -0.4 is 24.8 Å². The van der Waals surface area contributed by atoms with Gasteiger partial charge in [-0.25, -0.2) is 0 Å². The van der Waals surface area contributed by atoms with Crippen molar-refractivity contribution in [1.29, 1.82) is 0 Å². The minimum Gasteiger partial charge on any atom is -1.00 e. The first-order valence-electron chi connectivity index (χ1n) is 0.500. The second-order valence-electron chi connectivity index (χ2n) is 0. The van der Waals surface area contributed by atoms with Gasteiger partial charge in [-0.05, 0) is 0 Å². The fraction of sp³-hybridized carbons (Fsp3) is 0. The zero-order valence-electron chi connectivity index (χ0n) is 2.67. The molecule has 0 aromatic heterocycles. The summed E-state index contributed by atoms with van der Waals surface area (Å²) >= 11 is 0. The summed E-state index contributed by atoms with van der Waals surface area (Å²) in [5.41, 5.74) is 0. The first-order valence-corrected chi connectivity index (χ1v) is 0.500. The molecule has 0 nitrogen and oxygen atoms in total. The number of rotatable bonds is 0. The van der Waals surface area contributed by atoms with Crippen molar-refractivity contribution in [2.75, 3.05) is 0 Å². The van der Waals surface area contributed by atoms with Gasteiger partial charge in [-0.1, -0.05) is 0 Å². The maximum Gasteiger partial charge on any atom is 0 e. The SMILES string of the molecule is C=C.[Cl-].[Cl-].[Hf]. The molecule has 0 radical (unpaired) electrons. The zero-order chi connectivity index (χ0) is 2.00. The van der Waals surface area contributed by atoms with Crippen LogP contribution in [-0.4, -0.2) is 0 Å². The van der Waals surface area contributed by atoms with Crippen LogP contribution in [0.5, 0.6) is 0 Å². The minimum atomic E-state index is 0. The van der Waals surface area contributed by atoms with Crippen molar-refractivity contribution in [2.24, 2.45) is 0 Å². The fourth-order valence-corrected chi connectivity index (χ4v) is 0. The van der Waals surface area contributed by atoms with E-state index in [0.29, 0.717) is 0 Å². The van der Waals surface area contributed by atoms with Crippen molar-refractivity contribution >= 4 is 0 Å². The predicted molar refractivity (Wildman–Crippen MR) is 11.3 cm³/mol. The van der Waals surface area contributed by atoms with Gasteiger partial charge in [0.2, 0.25) is 0 Å². The van der Waals surface area contributed by atoms with Crippen molar-refractivity contribution in [3.8, 4) is 0 Å². The van der Waals surface area contributed by atoms with Gasteiger partial charge in [-0.15, -0.1) is 13.2 Å². The molecule has 0 amide bonds. The second kappa shape index (κ2) is 64.3. The molecule has 0 heterocycles. The molecule has 0 N–H and O–H groups in total. The van der Waals surface area contributed by atoms with Crippen molar-refractivity contribution in [3.63, 3.8) is 0 Å². The monoisotopic (exact) mass is 278 g/mol. The van der Waals surface area contributed by atoms with E-state index in [1.54, 1.807) is 0 Å². The normalized spacial score (nSPS) is 0.800. The van der Waals surface area contributed by atoms with Crippen LogP contribution in [0.3, 0.4) is 0 Å². The molecule has 0 aliphatic heterocycles. The molecule has 0 aliphatic carbocycles. The molecule has 0 bridgehead atoms. The van der Waals surface area contributed by atoms with Crippen LogP contribution in [0, 0.1) is 0 Å². The van der Waals surface area contributed by atoms with Crippen LogP contribution in [0.2, 0.25) is 0 Å². The van der Waals surface area contributed by atoms with Gasteiger partial charge >= 0.3 is 0 Å². The summed E-state index contributed by atoms with van der Waals surface area (Å²) in [4.78, 5) is 0.